The molecule has 0 aliphatic rings. The zero-order valence-electron chi connectivity index (χ0n) is 5.94. The standard InChI is InChI=1S/C7H8O2.2ClH/c1-5-6(8)3-2-4-7(5)9;;/h2-4,8-9H,1H3;2*1H. The highest BCUT2D eigenvalue weighted by Gasteiger charge is 1.97. The number of phenols is 2. The summed E-state index contributed by atoms with van der Waals surface area (Å²) >= 11 is 0. The van der Waals surface area contributed by atoms with Gasteiger partial charge in [0.2, 0.25) is 0 Å². The van der Waals surface area contributed by atoms with Crippen LogP contribution >= 0.6 is 24.8 Å². The second kappa shape index (κ2) is 5.10. The predicted octanol–water partition coefficient (Wildman–Crippen LogP) is 2.25. The van der Waals surface area contributed by atoms with Crippen molar-refractivity contribution in [2.45, 2.75) is 6.92 Å². The number of rotatable bonds is 0. The van der Waals surface area contributed by atoms with Gasteiger partial charge in [-0.2, -0.15) is 0 Å². The SMILES string of the molecule is Cc1c(O)cccc1O.Cl.Cl. The van der Waals surface area contributed by atoms with Crippen molar-refractivity contribution in [2.24, 2.45) is 0 Å². The summed E-state index contributed by atoms with van der Waals surface area (Å²) in [4.78, 5) is 0. The summed E-state index contributed by atoms with van der Waals surface area (Å²) in [6.07, 6.45) is 0. The van der Waals surface area contributed by atoms with Crippen molar-refractivity contribution in [3.05, 3.63) is 23.8 Å². The molecule has 0 atom stereocenters. The highest BCUT2D eigenvalue weighted by atomic mass is 35.5. The zero-order valence-corrected chi connectivity index (χ0v) is 7.58. The third-order valence-electron chi connectivity index (χ3n) is 1.28. The predicted molar refractivity (Wildman–Crippen MR) is 49.0 cm³/mol. The molecule has 2 nitrogen and oxygen atoms in total. The fourth-order valence-electron chi connectivity index (χ4n) is 0.612. The highest BCUT2D eigenvalue weighted by molar-refractivity contribution is 5.85. The molecular weight excluding hydrogens is 187 g/mol. The summed E-state index contributed by atoms with van der Waals surface area (Å²) in [5.41, 5.74) is 0.525. The average molecular weight is 197 g/mol. The molecule has 0 saturated carbocycles. The molecule has 4 heteroatoms. The summed E-state index contributed by atoms with van der Waals surface area (Å²) in [7, 11) is 0. The van der Waals surface area contributed by atoms with Crippen molar-refractivity contribution in [3.63, 3.8) is 0 Å². The Bertz CT molecular complexity index is 205. The van der Waals surface area contributed by atoms with E-state index in [9.17, 15) is 0 Å². The minimum absolute atomic E-state index is 0. The van der Waals surface area contributed by atoms with Gasteiger partial charge in [0.15, 0.2) is 0 Å². The maximum Gasteiger partial charge on any atom is 0.122 e. The van der Waals surface area contributed by atoms with Crippen LogP contribution in [0.5, 0.6) is 11.5 Å². The molecule has 0 fully saturated rings. The lowest BCUT2D eigenvalue weighted by Gasteiger charge is -1.98. The number of hydrogen-bond donors (Lipinski definition) is 2. The van der Waals surface area contributed by atoms with Crippen LogP contribution in [0, 0.1) is 6.92 Å². The number of aromatic hydroxyl groups is 2. The first-order chi connectivity index (χ1) is 4.22. The van der Waals surface area contributed by atoms with Crippen LogP contribution in [0.1, 0.15) is 5.56 Å². The third kappa shape index (κ3) is 2.87. The number of halogens is 2. The lowest BCUT2D eigenvalue weighted by molar-refractivity contribution is 0.443. The van der Waals surface area contributed by atoms with Gasteiger partial charge >= 0.3 is 0 Å². The molecule has 0 amide bonds. The van der Waals surface area contributed by atoms with E-state index in [0.29, 0.717) is 5.56 Å². The van der Waals surface area contributed by atoms with Gasteiger partial charge in [0.05, 0.1) is 0 Å². The minimum Gasteiger partial charge on any atom is -0.508 e. The Morgan fingerprint density at radius 1 is 1.00 bits per heavy atom. The molecule has 0 aliphatic carbocycles. The summed E-state index contributed by atoms with van der Waals surface area (Å²) in [6, 6.07) is 4.67. The Labute approximate surface area is 77.7 Å². The molecule has 0 unspecified atom stereocenters. The van der Waals surface area contributed by atoms with Crippen LogP contribution in [-0.2, 0) is 0 Å². The molecule has 11 heavy (non-hydrogen) atoms. The molecule has 0 heterocycles. The second-order valence-corrected chi connectivity index (χ2v) is 1.92. The van der Waals surface area contributed by atoms with Gasteiger partial charge in [-0.25, -0.2) is 0 Å². The maximum atomic E-state index is 8.94. The third-order valence-corrected chi connectivity index (χ3v) is 1.28. The van der Waals surface area contributed by atoms with Crippen LogP contribution in [0.25, 0.3) is 0 Å². The second-order valence-electron chi connectivity index (χ2n) is 1.92. The van der Waals surface area contributed by atoms with Gasteiger partial charge in [-0.05, 0) is 19.1 Å². The van der Waals surface area contributed by atoms with Crippen molar-refractivity contribution < 1.29 is 10.2 Å². The first-order valence-corrected chi connectivity index (χ1v) is 2.69. The monoisotopic (exact) mass is 196 g/mol. The smallest absolute Gasteiger partial charge is 0.122 e. The Morgan fingerprint density at radius 3 is 1.64 bits per heavy atom. The normalized spacial score (nSPS) is 7.73. The van der Waals surface area contributed by atoms with Crippen LogP contribution in [0.2, 0.25) is 0 Å². The molecule has 1 aromatic carbocycles. The molecule has 64 valence electrons. The summed E-state index contributed by atoms with van der Waals surface area (Å²) in [6.45, 7) is 1.66. The van der Waals surface area contributed by atoms with E-state index in [2.05, 4.69) is 0 Å². The molecule has 0 saturated heterocycles. The van der Waals surface area contributed by atoms with E-state index in [1.54, 1.807) is 13.0 Å². The molecule has 0 radical (unpaired) electrons. The van der Waals surface area contributed by atoms with Gasteiger partial charge in [-0.1, -0.05) is 6.07 Å². The van der Waals surface area contributed by atoms with Crippen molar-refractivity contribution in [2.75, 3.05) is 0 Å². The van der Waals surface area contributed by atoms with Gasteiger partial charge in [0, 0.05) is 5.56 Å². The van der Waals surface area contributed by atoms with Crippen LogP contribution < -0.4 is 0 Å². The van der Waals surface area contributed by atoms with E-state index in [1.807, 2.05) is 0 Å². The molecule has 1 aromatic rings. The van der Waals surface area contributed by atoms with Crippen molar-refractivity contribution in [1.82, 2.24) is 0 Å². The van der Waals surface area contributed by atoms with E-state index < -0.39 is 0 Å². The number of benzene rings is 1. The van der Waals surface area contributed by atoms with Crippen LogP contribution in [-0.4, -0.2) is 10.2 Å². The van der Waals surface area contributed by atoms with Gasteiger partial charge < -0.3 is 10.2 Å². The Kier molecular flexibility index (Phi) is 6.04. The van der Waals surface area contributed by atoms with Gasteiger partial charge in [-0.3, -0.25) is 0 Å². The molecule has 1 rings (SSSR count). The summed E-state index contributed by atoms with van der Waals surface area (Å²) in [5, 5.41) is 17.9. The van der Waals surface area contributed by atoms with Crippen LogP contribution in [0.3, 0.4) is 0 Å². The molecule has 0 spiro atoms. The van der Waals surface area contributed by atoms with E-state index in [4.69, 9.17) is 10.2 Å². The van der Waals surface area contributed by atoms with Crippen LogP contribution in [0.4, 0.5) is 0 Å². The Morgan fingerprint density at radius 2 is 1.36 bits per heavy atom. The minimum atomic E-state index is 0. The van der Waals surface area contributed by atoms with Crippen molar-refractivity contribution >= 4 is 24.8 Å². The maximum absolute atomic E-state index is 8.94. The van der Waals surface area contributed by atoms with E-state index in [0.717, 1.165) is 0 Å². The van der Waals surface area contributed by atoms with Crippen LogP contribution in [0.15, 0.2) is 18.2 Å². The lowest BCUT2D eigenvalue weighted by Crippen LogP contribution is -1.73. The van der Waals surface area contributed by atoms with E-state index in [-0.39, 0.29) is 36.3 Å². The quantitative estimate of drug-likeness (QED) is 0.669. The van der Waals surface area contributed by atoms with Crippen molar-refractivity contribution in [3.8, 4) is 11.5 Å². The molecule has 2 N–H and O–H groups in total. The van der Waals surface area contributed by atoms with E-state index >= 15 is 0 Å². The first-order valence-electron chi connectivity index (χ1n) is 2.69. The topological polar surface area (TPSA) is 40.5 Å². The van der Waals surface area contributed by atoms with Gasteiger partial charge in [0.1, 0.15) is 11.5 Å². The fourth-order valence-corrected chi connectivity index (χ4v) is 0.612. The summed E-state index contributed by atoms with van der Waals surface area (Å²) < 4.78 is 0. The first kappa shape index (κ1) is 13.0. The van der Waals surface area contributed by atoms with Gasteiger partial charge in [0.25, 0.3) is 0 Å². The van der Waals surface area contributed by atoms with E-state index in [1.165, 1.54) is 12.1 Å². The molecule has 0 aromatic heterocycles. The summed E-state index contributed by atoms with van der Waals surface area (Å²) in [5.74, 6) is 0.269. The highest BCUT2D eigenvalue weighted by Crippen LogP contribution is 2.23. The zero-order chi connectivity index (χ0) is 6.85. The largest absolute Gasteiger partial charge is 0.508 e. The Balaban J connectivity index is 0. The average Bonchev–Trinajstić information content (AvgIpc) is 1.83. The van der Waals surface area contributed by atoms with Gasteiger partial charge in [-0.15, -0.1) is 24.8 Å². The molecule has 0 bridgehead atoms. The molecular formula is C7H10Cl2O2. The Hall–Kier alpha value is -0.600. The van der Waals surface area contributed by atoms with Crippen molar-refractivity contribution in [1.29, 1.82) is 0 Å². The molecule has 0 aliphatic heterocycles. The number of phenolic OH excluding ortho intramolecular Hbond substituents is 2. The number of hydrogen-bond acceptors (Lipinski definition) is 2. The fraction of sp³-hybridized carbons (Fsp3) is 0.143. The lowest BCUT2D eigenvalue weighted by atomic mass is 10.2.